The zero-order valence-electron chi connectivity index (χ0n) is 16.3. The fraction of sp³-hybridized carbons (Fsp3) is 0.632. The molecule has 0 heterocycles. The zero-order valence-corrected chi connectivity index (χ0v) is 18.7. The van der Waals surface area contributed by atoms with Crippen LogP contribution in [0.2, 0.25) is 0 Å². The number of ether oxygens (including phenoxy) is 1. The molecule has 0 radical (unpaired) electrons. The molecule has 0 bridgehead atoms. The molecule has 0 saturated carbocycles. The van der Waals surface area contributed by atoms with Crippen molar-refractivity contribution in [3.05, 3.63) is 30.3 Å². The molecule has 0 fully saturated rings. The molecule has 1 aromatic rings. The molecule has 1 aromatic carbocycles. The number of rotatable bonds is 10. The first kappa shape index (κ1) is 24.0. The second-order valence-corrected chi connectivity index (χ2v) is 6.55. The standard InChI is InChI=1S/C19H34N4O.HI/c1-6-20-18(22-16-19(2,3)24-5)21-14-10-11-15-23(4)17-12-8-7-9-13-17;/h7-9,12-13H,6,10-11,14-16H2,1-5H3,(H2,20,21,22);1H. The number of hydrogen-bond donors (Lipinski definition) is 2. The van der Waals surface area contributed by atoms with Crippen molar-refractivity contribution in [2.45, 2.75) is 39.2 Å². The smallest absolute Gasteiger partial charge is 0.191 e. The number of unbranched alkanes of at least 4 members (excludes halogenated alkanes) is 1. The average molecular weight is 462 g/mol. The van der Waals surface area contributed by atoms with Crippen LogP contribution in [0.3, 0.4) is 0 Å². The molecule has 25 heavy (non-hydrogen) atoms. The number of nitrogens with one attached hydrogen (secondary N) is 2. The van der Waals surface area contributed by atoms with Gasteiger partial charge >= 0.3 is 0 Å². The van der Waals surface area contributed by atoms with E-state index in [4.69, 9.17) is 4.74 Å². The third kappa shape index (κ3) is 10.5. The molecule has 0 unspecified atom stereocenters. The Morgan fingerprint density at radius 3 is 2.44 bits per heavy atom. The Balaban J connectivity index is 0.00000576. The number of para-hydroxylation sites is 1. The Kier molecular flexibility index (Phi) is 12.7. The van der Waals surface area contributed by atoms with Gasteiger partial charge in [0.1, 0.15) is 0 Å². The van der Waals surface area contributed by atoms with Crippen molar-refractivity contribution in [2.24, 2.45) is 4.99 Å². The van der Waals surface area contributed by atoms with Gasteiger partial charge in [0, 0.05) is 39.5 Å². The first-order chi connectivity index (χ1) is 11.5. The summed E-state index contributed by atoms with van der Waals surface area (Å²) in [5.74, 6) is 0.860. The molecule has 0 saturated heterocycles. The van der Waals surface area contributed by atoms with Crippen molar-refractivity contribution in [3.8, 4) is 0 Å². The Morgan fingerprint density at radius 2 is 1.84 bits per heavy atom. The van der Waals surface area contributed by atoms with E-state index in [2.05, 4.69) is 58.8 Å². The number of methoxy groups -OCH3 is 1. The molecule has 5 nitrogen and oxygen atoms in total. The van der Waals surface area contributed by atoms with Crippen LogP contribution in [0.5, 0.6) is 0 Å². The van der Waals surface area contributed by atoms with Gasteiger partial charge in [-0.1, -0.05) is 18.2 Å². The average Bonchev–Trinajstić information content (AvgIpc) is 2.60. The van der Waals surface area contributed by atoms with Crippen LogP contribution in [0.4, 0.5) is 5.69 Å². The molecule has 1 rings (SSSR count). The normalized spacial score (nSPS) is 11.6. The van der Waals surface area contributed by atoms with Crippen LogP contribution in [0.15, 0.2) is 35.3 Å². The summed E-state index contributed by atoms with van der Waals surface area (Å²) in [7, 11) is 3.86. The molecule has 0 aliphatic carbocycles. The number of hydrogen-bond acceptors (Lipinski definition) is 3. The zero-order chi connectivity index (χ0) is 17.8. The van der Waals surface area contributed by atoms with E-state index in [9.17, 15) is 0 Å². The van der Waals surface area contributed by atoms with Crippen molar-refractivity contribution < 1.29 is 4.74 Å². The molecule has 0 amide bonds. The van der Waals surface area contributed by atoms with Crippen LogP contribution in [-0.2, 0) is 4.74 Å². The van der Waals surface area contributed by atoms with Gasteiger partial charge in [0.15, 0.2) is 5.96 Å². The van der Waals surface area contributed by atoms with Crippen LogP contribution in [0.1, 0.15) is 33.6 Å². The first-order valence-electron chi connectivity index (χ1n) is 8.82. The second-order valence-electron chi connectivity index (χ2n) is 6.55. The van der Waals surface area contributed by atoms with Gasteiger partial charge in [-0.15, -0.1) is 24.0 Å². The molecular formula is C19H35IN4O. The van der Waals surface area contributed by atoms with Gasteiger partial charge in [0.05, 0.1) is 12.1 Å². The quantitative estimate of drug-likeness (QED) is 0.242. The highest BCUT2D eigenvalue weighted by molar-refractivity contribution is 14.0. The summed E-state index contributed by atoms with van der Waals surface area (Å²) in [4.78, 5) is 6.89. The topological polar surface area (TPSA) is 48.9 Å². The number of aliphatic imine (C=N–C) groups is 1. The molecule has 6 heteroatoms. The summed E-state index contributed by atoms with van der Waals surface area (Å²) in [6.45, 7) is 9.62. The van der Waals surface area contributed by atoms with Gasteiger partial charge in [-0.25, -0.2) is 0 Å². The number of guanidine groups is 1. The van der Waals surface area contributed by atoms with Crippen LogP contribution in [-0.4, -0.2) is 51.9 Å². The number of anilines is 1. The first-order valence-corrected chi connectivity index (χ1v) is 8.82. The van der Waals surface area contributed by atoms with Gasteiger partial charge in [-0.2, -0.15) is 0 Å². The molecular weight excluding hydrogens is 427 g/mol. The maximum atomic E-state index is 5.41. The van der Waals surface area contributed by atoms with E-state index in [1.165, 1.54) is 5.69 Å². The highest BCUT2D eigenvalue weighted by atomic mass is 127. The molecule has 0 atom stereocenters. The van der Waals surface area contributed by atoms with Gasteiger partial charge in [0.25, 0.3) is 0 Å². The van der Waals surface area contributed by atoms with E-state index in [0.717, 1.165) is 38.4 Å². The highest BCUT2D eigenvalue weighted by Crippen LogP contribution is 2.11. The summed E-state index contributed by atoms with van der Waals surface area (Å²) >= 11 is 0. The molecule has 2 N–H and O–H groups in total. The van der Waals surface area contributed by atoms with E-state index < -0.39 is 0 Å². The van der Waals surface area contributed by atoms with E-state index in [0.29, 0.717) is 6.54 Å². The van der Waals surface area contributed by atoms with Crippen molar-refractivity contribution in [1.82, 2.24) is 10.6 Å². The van der Waals surface area contributed by atoms with Crippen LogP contribution >= 0.6 is 24.0 Å². The molecule has 0 spiro atoms. The number of benzene rings is 1. The third-order valence-electron chi connectivity index (χ3n) is 3.92. The number of halogens is 1. The SMILES string of the molecule is CCNC(=NCC(C)(C)OC)NCCCCN(C)c1ccccc1.I. The third-order valence-corrected chi connectivity index (χ3v) is 3.92. The number of nitrogens with zero attached hydrogens (tertiary/aromatic N) is 2. The Hall–Kier alpha value is -1.02. The van der Waals surface area contributed by atoms with Gasteiger partial charge in [0.2, 0.25) is 0 Å². The summed E-state index contributed by atoms with van der Waals surface area (Å²) in [5, 5.41) is 6.67. The Morgan fingerprint density at radius 1 is 1.16 bits per heavy atom. The summed E-state index contributed by atoms with van der Waals surface area (Å²) in [6, 6.07) is 10.5. The Labute approximate surface area is 170 Å². The lowest BCUT2D eigenvalue weighted by Gasteiger charge is -2.21. The van der Waals surface area contributed by atoms with Crippen LogP contribution in [0, 0.1) is 0 Å². The summed E-state index contributed by atoms with van der Waals surface area (Å²) < 4.78 is 5.41. The fourth-order valence-electron chi connectivity index (χ4n) is 2.17. The molecule has 144 valence electrons. The lowest BCUT2D eigenvalue weighted by atomic mass is 10.1. The predicted octanol–water partition coefficient (Wildman–Crippen LogP) is 3.50. The van der Waals surface area contributed by atoms with E-state index in [1.807, 2.05) is 19.9 Å². The van der Waals surface area contributed by atoms with Gasteiger partial charge < -0.3 is 20.3 Å². The lowest BCUT2D eigenvalue weighted by molar-refractivity contribution is 0.0310. The van der Waals surface area contributed by atoms with E-state index >= 15 is 0 Å². The Bertz CT molecular complexity index is 480. The van der Waals surface area contributed by atoms with Crippen molar-refractivity contribution >= 4 is 35.6 Å². The van der Waals surface area contributed by atoms with Gasteiger partial charge in [-0.3, -0.25) is 4.99 Å². The molecule has 0 aromatic heterocycles. The maximum Gasteiger partial charge on any atom is 0.191 e. The second kappa shape index (κ2) is 13.2. The van der Waals surface area contributed by atoms with Crippen molar-refractivity contribution in [2.75, 3.05) is 45.2 Å². The summed E-state index contributed by atoms with van der Waals surface area (Å²) in [5.41, 5.74) is 1.03. The molecule has 0 aliphatic heterocycles. The van der Waals surface area contributed by atoms with Crippen molar-refractivity contribution in [3.63, 3.8) is 0 Å². The monoisotopic (exact) mass is 462 g/mol. The molecule has 0 aliphatic rings. The lowest BCUT2D eigenvalue weighted by Crippen LogP contribution is -2.39. The largest absolute Gasteiger partial charge is 0.377 e. The van der Waals surface area contributed by atoms with Crippen molar-refractivity contribution in [1.29, 1.82) is 0 Å². The minimum Gasteiger partial charge on any atom is -0.377 e. The summed E-state index contributed by atoms with van der Waals surface area (Å²) in [6.07, 6.45) is 2.25. The predicted molar refractivity (Wildman–Crippen MR) is 119 cm³/mol. The van der Waals surface area contributed by atoms with E-state index in [1.54, 1.807) is 7.11 Å². The minimum atomic E-state index is -0.235. The highest BCUT2D eigenvalue weighted by Gasteiger charge is 2.15. The minimum absolute atomic E-state index is 0. The van der Waals surface area contributed by atoms with Crippen LogP contribution in [0.25, 0.3) is 0 Å². The van der Waals surface area contributed by atoms with E-state index in [-0.39, 0.29) is 29.6 Å². The maximum absolute atomic E-state index is 5.41. The van der Waals surface area contributed by atoms with Gasteiger partial charge in [-0.05, 0) is 45.7 Å². The fourth-order valence-corrected chi connectivity index (χ4v) is 2.17. The van der Waals surface area contributed by atoms with Crippen LogP contribution < -0.4 is 15.5 Å².